The fourth-order valence-corrected chi connectivity index (χ4v) is 5.52. The minimum Gasteiger partial charge on any atom is -0.493 e. The first-order valence-electron chi connectivity index (χ1n) is 11.9. The molecule has 0 aliphatic carbocycles. The standard InChI is InChI=1S/C26H29N3O5S/c1-32-23-17-20(29-12-14-34-26(29)31)16-19(18-30)25(23)33-13-3-7-27-8-10-28(11-9-27)22-4-2-5-24-21(22)6-15-35-24/h2,4-6,15-18H,3,7-14H2,1H3. The largest absolute Gasteiger partial charge is 0.493 e. The molecule has 1 aromatic heterocycles. The van der Waals surface area contributed by atoms with Crippen molar-refractivity contribution in [3.63, 3.8) is 0 Å². The Kier molecular flexibility index (Phi) is 7.06. The van der Waals surface area contributed by atoms with E-state index in [0.29, 0.717) is 42.5 Å². The molecule has 0 atom stereocenters. The smallest absolute Gasteiger partial charge is 0.414 e. The van der Waals surface area contributed by atoms with Crippen LogP contribution in [0.2, 0.25) is 0 Å². The van der Waals surface area contributed by atoms with Gasteiger partial charge in [0.2, 0.25) is 0 Å². The highest BCUT2D eigenvalue weighted by Crippen LogP contribution is 2.36. The van der Waals surface area contributed by atoms with Crippen molar-refractivity contribution in [2.45, 2.75) is 6.42 Å². The van der Waals surface area contributed by atoms with Gasteiger partial charge in [-0.15, -0.1) is 11.3 Å². The number of carbonyl (C=O) groups is 2. The van der Waals surface area contributed by atoms with Crippen molar-refractivity contribution in [2.75, 3.05) is 69.4 Å². The molecule has 3 aromatic rings. The molecule has 2 aliphatic rings. The zero-order chi connectivity index (χ0) is 24.2. The summed E-state index contributed by atoms with van der Waals surface area (Å²) >= 11 is 1.79. The first-order valence-corrected chi connectivity index (χ1v) is 12.7. The van der Waals surface area contributed by atoms with Crippen molar-refractivity contribution in [1.29, 1.82) is 0 Å². The molecule has 0 saturated carbocycles. The van der Waals surface area contributed by atoms with E-state index < -0.39 is 6.09 Å². The van der Waals surface area contributed by atoms with Crippen molar-refractivity contribution in [3.05, 3.63) is 47.3 Å². The van der Waals surface area contributed by atoms with Crippen molar-refractivity contribution in [1.82, 2.24) is 4.90 Å². The Morgan fingerprint density at radius 1 is 1.11 bits per heavy atom. The van der Waals surface area contributed by atoms with Crippen LogP contribution in [0.1, 0.15) is 16.8 Å². The number of aldehydes is 1. The lowest BCUT2D eigenvalue weighted by Gasteiger charge is -2.36. The van der Waals surface area contributed by atoms with Gasteiger partial charge in [-0.1, -0.05) is 6.07 Å². The minimum absolute atomic E-state index is 0.327. The monoisotopic (exact) mass is 495 g/mol. The number of nitrogens with zero attached hydrogens (tertiary/aromatic N) is 3. The van der Waals surface area contributed by atoms with Crippen molar-refractivity contribution in [3.8, 4) is 11.5 Å². The zero-order valence-corrected chi connectivity index (χ0v) is 20.6. The summed E-state index contributed by atoms with van der Waals surface area (Å²) in [5.41, 5.74) is 2.25. The third-order valence-corrected chi connectivity index (χ3v) is 7.42. The summed E-state index contributed by atoms with van der Waals surface area (Å²) in [6.45, 7) is 6.17. The van der Waals surface area contributed by atoms with Gasteiger partial charge in [-0.2, -0.15) is 0 Å². The van der Waals surface area contributed by atoms with Crippen LogP contribution >= 0.6 is 11.3 Å². The zero-order valence-electron chi connectivity index (χ0n) is 19.8. The highest BCUT2D eigenvalue weighted by molar-refractivity contribution is 7.17. The first kappa shape index (κ1) is 23.4. The molecule has 2 aliphatic heterocycles. The molecule has 1 amide bonds. The van der Waals surface area contributed by atoms with E-state index in [9.17, 15) is 9.59 Å². The maximum atomic E-state index is 11.9. The van der Waals surface area contributed by atoms with Gasteiger partial charge in [0.05, 0.1) is 31.5 Å². The molecule has 184 valence electrons. The average molecular weight is 496 g/mol. The molecule has 0 radical (unpaired) electrons. The average Bonchev–Trinajstić information content (AvgIpc) is 3.55. The minimum atomic E-state index is -0.426. The van der Waals surface area contributed by atoms with E-state index in [1.165, 1.54) is 27.8 Å². The number of thiophene rings is 1. The van der Waals surface area contributed by atoms with Crippen LogP contribution in [0.4, 0.5) is 16.2 Å². The molecule has 35 heavy (non-hydrogen) atoms. The summed E-state index contributed by atoms with van der Waals surface area (Å²) in [5.74, 6) is 0.841. The molecule has 2 aromatic carbocycles. The number of hydrogen-bond acceptors (Lipinski definition) is 8. The maximum absolute atomic E-state index is 11.9. The van der Waals surface area contributed by atoms with E-state index in [0.717, 1.165) is 45.4 Å². The molecule has 8 nitrogen and oxygen atoms in total. The van der Waals surface area contributed by atoms with E-state index in [4.69, 9.17) is 14.2 Å². The van der Waals surface area contributed by atoms with E-state index in [1.807, 2.05) is 0 Å². The fourth-order valence-electron chi connectivity index (χ4n) is 4.71. The number of carbonyl (C=O) groups excluding carboxylic acids is 2. The number of rotatable bonds is 9. The number of anilines is 2. The molecule has 0 N–H and O–H groups in total. The number of hydrogen-bond donors (Lipinski definition) is 0. The summed E-state index contributed by atoms with van der Waals surface area (Å²) < 4.78 is 17.8. The third kappa shape index (κ3) is 4.92. The molecular weight excluding hydrogens is 466 g/mol. The Morgan fingerprint density at radius 3 is 2.71 bits per heavy atom. The van der Waals surface area contributed by atoms with Gasteiger partial charge in [-0.3, -0.25) is 14.6 Å². The van der Waals surface area contributed by atoms with Crippen LogP contribution in [0.25, 0.3) is 10.1 Å². The van der Waals surface area contributed by atoms with E-state index in [2.05, 4.69) is 39.4 Å². The van der Waals surface area contributed by atoms with Crippen LogP contribution in [0.15, 0.2) is 41.8 Å². The van der Waals surface area contributed by atoms with E-state index >= 15 is 0 Å². The Morgan fingerprint density at radius 2 is 1.97 bits per heavy atom. The van der Waals surface area contributed by atoms with Gasteiger partial charge < -0.3 is 19.1 Å². The maximum Gasteiger partial charge on any atom is 0.414 e. The van der Waals surface area contributed by atoms with Gasteiger partial charge in [-0.25, -0.2) is 4.79 Å². The Bertz CT molecular complexity index is 1200. The third-order valence-electron chi connectivity index (χ3n) is 6.54. The van der Waals surface area contributed by atoms with Crippen LogP contribution in [0.3, 0.4) is 0 Å². The number of fused-ring (bicyclic) bond motifs is 1. The molecule has 5 rings (SSSR count). The fraction of sp³-hybridized carbons (Fsp3) is 0.385. The molecule has 2 saturated heterocycles. The van der Waals surface area contributed by atoms with Gasteiger partial charge in [0.25, 0.3) is 0 Å². The number of amides is 1. The summed E-state index contributed by atoms with van der Waals surface area (Å²) in [6, 6.07) is 12.1. The predicted molar refractivity (Wildman–Crippen MR) is 138 cm³/mol. The van der Waals surface area contributed by atoms with Gasteiger partial charge in [0.15, 0.2) is 17.8 Å². The summed E-state index contributed by atoms with van der Waals surface area (Å²) in [6.07, 6.45) is 1.14. The summed E-state index contributed by atoms with van der Waals surface area (Å²) in [4.78, 5) is 30.1. The molecule has 9 heteroatoms. The van der Waals surface area contributed by atoms with Crippen LogP contribution in [-0.2, 0) is 4.74 Å². The SMILES string of the molecule is COc1cc(N2CCOC2=O)cc(C=O)c1OCCCN1CCN(c2cccc3sccc23)CC1. The van der Waals surface area contributed by atoms with Crippen molar-refractivity contribution >= 4 is 45.2 Å². The van der Waals surface area contributed by atoms with Gasteiger partial charge >= 0.3 is 6.09 Å². The summed E-state index contributed by atoms with van der Waals surface area (Å²) in [5, 5.41) is 3.50. The quantitative estimate of drug-likeness (QED) is 0.324. The number of cyclic esters (lactones) is 1. The van der Waals surface area contributed by atoms with Crippen molar-refractivity contribution < 1.29 is 23.8 Å². The molecule has 2 fully saturated rings. The van der Waals surface area contributed by atoms with Crippen LogP contribution in [0.5, 0.6) is 11.5 Å². The number of methoxy groups -OCH3 is 1. The molecule has 3 heterocycles. The number of benzene rings is 2. The Balaban J connectivity index is 1.14. The summed E-state index contributed by atoms with van der Waals surface area (Å²) in [7, 11) is 1.53. The van der Waals surface area contributed by atoms with Crippen LogP contribution in [0, 0.1) is 0 Å². The van der Waals surface area contributed by atoms with Gasteiger partial charge in [-0.05, 0) is 36.1 Å². The van der Waals surface area contributed by atoms with Gasteiger partial charge in [0.1, 0.15) is 6.61 Å². The molecule has 0 spiro atoms. The second-order valence-corrected chi connectivity index (χ2v) is 9.54. The predicted octanol–water partition coefficient (Wildman–Crippen LogP) is 4.27. The van der Waals surface area contributed by atoms with Gasteiger partial charge in [0, 0.05) is 54.6 Å². The molecule has 0 unspecified atom stereocenters. The highest BCUT2D eigenvalue weighted by Gasteiger charge is 2.26. The number of ether oxygens (including phenoxy) is 3. The number of piperazine rings is 1. The van der Waals surface area contributed by atoms with E-state index in [-0.39, 0.29) is 0 Å². The lowest BCUT2D eigenvalue weighted by molar-refractivity contribution is 0.111. The Hall–Kier alpha value is -3.30. The molecule has 0 bridgehead atoms. The van der Waals surface area contributed by atoms with Crippen molar-refractivity contribution in [2.24, 2.45) is 0 Å². The lowest BCUT2D eigenvalue weighted by Crippen LogP contribution is -2.46. The van der Waals surface area contributed by atoms with E-state index in [1.54, 1.807) is 23.5 Å². The van der Waals surface area contributed by atoms with Crippen LogP contribution in [-0.4, -0.2) is 76.9 Å². The molecular formula is C26H29N3O5S. The second-order valence-electron chi connectivity index (χ2n) is 8.59. The topological polar surface area (TPSA) is 71.5 Å². The normalized spacial score (nSPS) is 16.5. The first-order chi connectivity index (χ1) is 17.2. The highest BCUT2D eigenvalue weighted by atomic mass is 32.1. The Labute approximate surface area is 208 Å². The second kappa shape index (κ2) is 10.5. The lowest BCUT2D eigenvalue weighted by atomic mass is 10.1. The van der Waals surface area contributed by atoms with Crippen LogP contribution < -0.4 is 19.3 Å².